The third kappa shape index (κ3) is 2.53. The fourth-order valence-corrected chi connectivity index (χ4v) is 3.35. The Morgan fingerprint density at radius 3 is 2.61 bits per heavy atom. The maximum atomic E-state index is 12.5. The number of likely N-dealkylation sites (N-methyl/N-ethyl adjacent to an activating group) is 1. The van der Waals surface area contributed by atoms with Crippen LogP contribution < -0.4 is 4.90 Å². The second kappa shape index (κ2) is 5.64. The Hall–Kier alpha value is -1.88. The van der Waals surface area contributed by atoms with Gasteiger partial charge >= 0.3 is 0 Å². The number of halogens is 2. The van der Waals surface area contributed by atoms with Crippen molar-refractivity contribution in [3.63, 3.8) is 0 Å². The molecule has 2 aromatic carbocycles. The van der Waals surface area contributed by atoms with Crippen molar-refractivity contribution >= 4 is 40.6 Å². The maximum absolute atomic E-state index is 12.5. The molecule has 0 saturated carbocycles. The number of carbonyl (C=O) groups is 2. The zero-order valence-electron chi connectivity index (χ0n) is 12.2. The summed E-state index contributed by atoms with van der Waals surface area (Å²) in [4.78, 5) is 26.4. The average molecular weight is 350 g/mol. The highest BCUT2D eigenvalue weighted by atomic mass is 35.5. The Morgan fingerprint density at radius 2 is 1.91 bits per heavy atom. The maximum Gasteiger partial charge on any atom is 0.263 e. The first-order valence-corrected chi connectivity index (χ1v) is 7.68. The van der Waals surface area contributed by atoms with Crippen LogP contribution in [0, 0.1) is 0 Å². The van der Waals surface area contributed by atoms with Gasteiger partial charge in [0.15, 0.2) is 11.4 Å². The summed E-state index contributed by atoms with van der Waals surface area (Å²) in [6, 6.07) is 11.4. The van der Waals surface area contributed by atoms with E-state index >= 15 is 0 Å². The molecule has 118 valence electrons. The van der Waals surface area contributed by atoms with E-state index in [0.29, 0.717) is 16.3 Å². The summed E-state index contributed by atoms with van der Waals surface area (Å²) in [5.41, 5.74) is -0.643. The van der Waals surface area contributed by atoms with Crippen LogP contribution in [0.1, 0.15) is 22.3 Å². The third-order valence-corrected chi connectivity index (χ3v) is 4.57. The van der Waals surface area contributed by atoms with Gasteiger partial charge in [-0.05, 0) is 24.3 Å². The van der Waals surface area contributed by atoms with Crippen molar-refractivity contribution in [2.45, 2.75) is 12.0 Å². The number of Topliss-reactive ketones (excluding diaryl/α,β-unsaturated/α-hetero) is 1. The lowest BCUT2D eigenvalue weighted by Gasteiger charge is -2.21. The molecule has 1 amide bonds. The van der Waals surface area contributed by atoms with E-state index in [9.17, 15) is 14.7 Å². The van der Waals surface area contributed by atoms with Gasteiger partial charge in [-0.25, -0.2) is 0 Å². The number of nitrogens with zero attached hydrogens (tertiary/aromatic N) is 1. The molecule has 1 N–H and O–H groups in total. The summed E-state index contributed by atoms with van der Waals surface area (Å²) in [6.45, 7) is 0. The van der Waals surface area contributed by atoms with E-state index in [2.05, 4.69) is 0 Å². The first kappa shape index (κ1) is 16.0. The molecular formula is C17H13Cl2NO3. The molecule has 3 rings (SSSR count). The molecule has 23 heavy (non-hydrogen) atoms. The Morgan fingerprint density at radius 1 is 1.22 bits per heavy atom. The molecule has 0 fully saturated rings. The molecule has 4 nitrogen and oxygen atoms in total. The molecule has 2 aromatic rings. The van der Waals surface area contributed by atoms with E-state index in [0.717, 1.165) is 0 Å². The predicted molar refractivity (Wildman–Crippen MR) is 89.2 cm³/mol. The zero-order valence-corrected chi connectivity index (χ0v) is 13.7. The van der Waals surface area contributed by atoms with Crippen LogP contribution >= 0.6 is 23.2 Å². The van der Waals surface area contributed by atoms with Crippen molar-refractivity contribution in [3.05, 3.63) is 63.6 Å². The summed E-state index contributed by atoms with van der Waals surface area (Å²) in [5, 5.41) is 11.5. The van der Waals surface area contributed by atoms with Gasteiger partial charge in [0.25, 0.3) is 5.91 Å². The number of aliphatic hydroxyl groups is 1. The van der Waals surface area contributed by atoms with E-state index in [1.54, 1.807) is 37.4 Å². The smallest absolute Gasteiger partial charge is 0.263 e. The molecule has 0 radical (unpaired) electrons. The van der Waals surface area contributed by atoms with Gasteiger partial charge in [-0.2, -0.15) is 0 Å². The van der Waals surface area contributed by atoms with Gasteiger partial charge in [0.2, 0.25) is 0 Å². The van der Waals surface area contributed by atoms with Crippen molar-refractivity contribution in [2.75, 3.05) is 11.9 Å². The van der Waals surface area contributed by atoms with Crippen molar-refractivity contribution in [1.82, 2.24) is 0 Å². The van der Waals surface area contributed by atoms with E-state index in [1.165, 1.54) is 17.0 Å². The van der Waals surface area contributed by atoms with E-state index in [-0.39, 0.29) is 17.0 Å². The number of anilines is 1. The molecule has 1 aliphatic rings. The van der Waals surface area contributed by atoms with Crippen LogP contribution in [0.15, 0.2) is 42.5 Å². The van der Waals surface area contributed by atoms with Crippen molar-refractivity contribution in [2.24, 2.45) is 0 Å². The minimum Gasteiger partial charge on any atom is -0.375 e. The highest BCUT2D eigenvalue weighted by Crippen LogP contribution is 2.42. The second-order valence-corrected chi connectivity index (χ2v) is 6.31. The van der Waals surface area contributed by atoms with Gasteiger partial charge in [-0.3, -0.25) is 9.59 Å². The standard InChI is InChI=1S/C17H13Cl2NO3/c1-20-14-5-3-2-4-12(14)17(23,16(20)22)9-15(21)11-7-6-10(18)8-13(11)19/h2-8,23H,9H2,1H3/t17-/m0/s1. The molecule has 1 heterocycles. The van der Waals surface area contributed by atoms with Gasteiger partial charge in [0.1, 0.15) is 0 Å². The van der Waals surface area contributed by atoms with Crippen LogP contribution in [0.2, 0.25) is 10.0 Å². The highest BCUT2D eigenvalue weighted by molar-refractivity contribution is 6.37. The lowest BCUT2D eigenvalue weighted by atomic mass is 9.88. The minimum absolute atomic E-state index is 0.193. The topological polar surface area (TPSA) is 57.6 Å². The Bertz CT molecular complexity index is 821. The van der Waals surface area contributed by atoms with Crippen LogP contribution in [0.3, 0.4) is 0 Å². The number of rotatable bonds is 3. The van der Waals surface area contributed by atoms with Crippen molar-refractivity contribution in [1.29, 1.82) is 0 Å². The number of fused-ring (bicyclic) bond motifs is 1. The normalized spacial score (nSPS) is 19.8. The molecule has 0 aliphatic carbocycles. The molecule has 0 aromatic heterocycles. The number of ketones is 1. The predicted octanol–water partition coefficient (Wildman–Crippen LogP) is 3.43. The lowest BCUT2D eigenvalue weighted by molar-refractivity contribution is -0.135. The van der Waals surface area contributed by atoms with Crippen LogP contribution in [-0.2, 0) is 10.4 Å². The van der Waals surface area contributed by atoms with Crippen molar-refractivity contribution < 1.29 is 14.7 Å². The van der Waals surface area contributed by atoms with E-state index < -0.39 is 17.3 Å². The third-order valence-electron chi connectivity index (χ3n) is 4.02. The van der Waals surface area contributed by atoms with Crippen LogP contribution in [0.5, 0.6) is 0 Å². The summed E-state index contributed by atoms with van der Waals surface area (Å²) in [7, 11) is 1.57. The fraction of sp³-hybridized carbons (Fsp3) is 0.176. The molecule has 0 bridgehead atoms. The number of amides is 1. The van der Waals surface area contributed by atoms with Crippen LogP contribution in [-0.4, -0.2) is 23.8 Å². The van der Waals surface area contributed by atoms with Crippen LogP contribution in [0.25, 0.3) is 0 Å². The van der Waals surface area contributed by atoms with Gasteiger partial charge in [0, 0.05) is 23.2 Å². The van der Waals surface area contributed by atoms with Gasteiger partial charge in [-0.1, -0.05) is 41.4 Å². The SMILES string of the molecule is CN1C(=O)[C@](O)(CC(=O)c2ccc(Cl)cc2Cl)c2ccccc21. The molecule has 0 spiro atoms. The summed E-state index contributed by atoms with van der Waals surface area (Å²) in [5.74, 6) is -0.954. The quantitative estimate of drug-likeness (QED) is 0.863. The molecule has 1 aliphatic heterocycles. The Kier molecular flexibility index (Phi) is 3.92. The van der Waals surface area contributed by atoms with Crippen molar-refractivity contribution in [3.8, 4) is 0 Å². The molecular weight excluding hydrogens is 337 g/mol. The first-order valence-electron chi connectivity index (χ1n) is 6.93. The average Bonchev–Trinajstić information content (AvgIpc) is 2.70. The van der Waals surface area contributed by atoms with Gasteiger partial charge in [0.05, 0.1) is 17.1 Å². The number of hydrogen-bond acceptors (Lipinski definition) is 3. The van der Waals surface area contributed by atoms with Crippen LogP contribution in [0.4, 0.5) is 5.69 Å². The van der Waals surface area contributed by atoms with Gasteiger partial charge in [-0.15, -0.1) is 0 Å². The first-order chi connectivity index (χ1) is 10.8. The molecule has 6 heteroatoms. The number of para-hydroxylation sites is 1. The second-order valence-electron chi connectivity index (χ2n) is 5.47. The summed E-state index contributed by atoms with van der Waals surface area (Å²) < 4.78 is 0. The highest BCUT2D eigenvalue weighted by Gasteiger charge is 2.49. The Balaban J connectivity index is 1.99. The monoisotopic (exact) mass is 349 g/mol. The number of hydrogen-bond donors (Lipinski definition) is 1. The largest absolute Gasteiger partial charge is 0.375 e. The number of benzene rings is 2. The molecule has 0 unspecified atom stereocenters. The fourth-order valence-electron chi connectivity index (χ4n) is 2.83. The van der Waals surface area contributed by atoms with E-state index in [1.807, 2.05) is 0 Å². The summed E-state index contributed by atoms with van der Waals surface area (Å²) in [6.07, 6.45) is -0.380. The minimum atomic E-state index is -1.88. The van der Waals surface area contributed by atoms with E-state index in [4.69, 9.17) is 23.2 Å². The Labute approximate surface area is 143 Å². The van der Waals surface area contributed by atoms with Gasteiger partial charge < -0.3 is 10.0 Å². The molecule has 1 atom stereocenters. The zero-order chi connectivity index (χ0) is 16.8. The summed E-state index contributed by atoms with van der Waals surface area (Å²) >= 11 is 11.9. The molecule has 0 saturated heterocycles. The number of carbonyl (C=O) groups excluding carboxylic acids is 2. The lowest BCUT2D eigenvalue weighted by Crippen LogP contribution is -2.40.